The molecule has 138 valence electrons. The van der Waals surface area contributed by atoms with E-state index in [0.717, 1.165) is 5.56 Å². The van der Waals surface area contributed by atoms with Crippen LogP contribution in [0.2, 0.25) is 0 Å². The Morgan fingerprint density at radius 2 is 1.93 bits per heavy atom. The van der Waals surface area contributed by atoms with Crippen molar-refractivity contribution in [2.45, 2.75) is 0 Å². The van der Waals surface area contributed by atoms with Gasteiger partial charge in [-0.1, -0.05) is 30.3 Å². The number of aromatic nitrogens is 3. The number of ether oxygens (including phenoxy) is 1. The molecule has 5 N–H and O–H groups in total. The van der Waals surface area contributed by atoms with E-state index in [9.17, 15) is 19.2 Å². The summed E-state index contributed by atoms with van der Waals surface area (Å²) in [6.45, 7) is -0.645. The molecule has 1 aromatic carbocycles. The molecule has 1 amide bonds. The quantitative estimate of drug-likeness (QED) is 0.465. The van der Waals surface area contributed by atoms with Crippen LogP contribution in [0.15, 0.2) is 45.3 Å². The molecule has 0 radical (unpaired) electrons. The monoisotopic (exact) mass is 387 g/mol. The molecule has 3 rings (SSSR count). The number of benzene rings is 1. The fraction of sp³-hybridized carbons (Fsp3) is 0.0625. The molecule has 2 heterocycles. The van der Waals surface area contributed by atoms with Crippen molar-refractivity contribution in [2.75, 3.05) is 17.7 Å². The highest BCUT2D eigenvalue weighted by Gasteiger charge is 2.17. The van der Waals surface area contributed by atoms with Gasteiger partial charge >= 0.3 is 11.7 Å². The van der Waals surface area contributed by atoms with E-state index < -0.39 is 41.1 Å². The number of thiazole rings is 1. The van der Waals surface area contributed by atoms with E-state index in [4.69, 9.17) is 10.5 Å². The van der Waals surface area contributed by atoms with Crippen molar-refractivity contribution >= 4 is 34.0 Å². The SMILES string of the molecule is Nc1c(C(=O)OCC(=O)Nc2nc(-c3ccccc3)cs2)[nH]c(=O)[nH]c1=O. The van der Waals surface area contributed by atoms with Gasteiger partial charge in [-0.05, 0) is 0 Å². The molecule has 11 heteroatoms. The van der Waals surface area contributed by atoms with Crippen molar-refractivity contribution < 1.29 is 14.3 Å². The number of carbonyl (C=O) groups excluding carboxylic acids is 2. The van der Waals surface area contributed by atoms with Crippen LogP contribution >= 0.6 is 11.3 Å². The first-order chi connectivity index (χ1) is 12.9. The standard InChI is InChI=1S/C16H13N5O5S/c17-11-12(20-15(25)21-13(11)23)14(24)26-6-10(22)19-16-18-9(7-27-16)8-4-2-1-3-5-8/h1-5,7H,6,17H2,(H,18,19,22)(H2,20,21,23,25). The summed E-state index contributed by atoms with van der Waals surface area (Å²) in [4.78, 5) is 54.6. The summed E-state index contributed by atoms with van der Waals surface area (Å²) in [5, 5.41) is 4.61. The smallest absolute Gasteiger partial charge is 0.357 e. The average Bonchev–Trinajstić information content (AvgIpc) is 3.12. The predicted molar refractivity (Wildman–Crippen MR) is 98.6 cm³/mol. The van der Waals surface area contributed by atoms with E-state index in [1.54, 1.807) is 5.38 Å². The lowest BCUT2D eigenvalue weighted by atomic mass is 10.2. The summed E-state index contributed by atoms with van der Waals surface area (Å²) >= 11 is 1.21. The number of nitrogens with two attached hydrogens (primary N) is 1. The molecule has 0 saturated heterocycles. The summed E-state index contributed by atoms with van der Waals surface area (Å²) < 4.78 is 4.77. The zero-order valence-electron chi connectivity index (χ0n) is 13.6. The van der Waals surface area contributed by atoms with Gasteiger partial charge in [-0.2, -0.15) is 0 Å². The lowest BCUT2D eigenvalue weighted by molar-refractivity contribution is -0.119. The van der Waals surface area contributed by atoms with Gasteiger partial charge in [-0.3, -0.25) is 24.9 Å². The zero-order valence-corrected chi connectivity index (χ0v) is 14.5. The van der Waals surface area contributed by atoms with Gasteiger partial charge < -0.3 is 10.5 Å². The lowest BCUT2D eigenvalue weighted by Crippen LogP contribution is -2.30. The van der Waals surface area contributed by atoms with E-state index in [1.807, 2.05) is 35.3 Å². The van der Waals surface area contributed by atoms with Crippen molar-refractivity contribution in [1.82, 2.24) is 15.0 Å². The Kier molecular flexibility index (Phi) is 5.13. The van der Waals surface area contributed by atoms with Gasteiger partial charge in [-0.25, -0.2) is 14.6 Å². The minimum absolute atomic E-state index is 0.332. The molecule has 2 aromatic heterocycles. The summed E-state index contributed by atoms with van der Waals surface area (Å²) in [6, 6.07) is 9.39. The Hall–Kier alpha value is -3.73. The number of anilines is 2. The van der Waals surface area contributed by atoms with Crippen molar-refractivity contribution in [3.63, 3.8) is 0 Å². The summed E-state index contributed by atoms with van der Waals surface area (Å²) in [6.07, 6.45) is 0. The van der Waals surface area contributed by atoms with Crippen molar-refractivity contribution in [3.8, 4) is 11.3 Å². The summed E-state index contributed by atoms with van der Waals surface area (Å²) in [5.41, 5.74) is 4.15. The topological polar surface area (TPSA) is 160 Å². The number of rotatable bonds is 5. The molecular weight excluding hydrogens is 374 g/mol. The molecule has 0 unspecified atom stereocenters. The molecular formula is C16H13N5O5S. The van der Waals surface area contributed by atoms with Crippen LogP contribution in [0.4, 0.5) is 10.8 Å². The second-order valence-electron chi connectivity index (χ2n) is 5.23. The Bertz CT molecular complexity index is 1100. The fourth-order valence-electron chi connectivity index (χ4n) is 2.09. The molecule has 0 atom stereocenters. The molecule has 0 spiro atoms. The maximum atomic E-state index is 11.9. The highest BCUT2D eigenvalue weighted by molar-refractivity contribution is 7.14. The first-order valence-electron chi connectivity index (χ1n) is 7.54. The third-order valence-corrected chi connectivity index (χ3v) is 4.10. The van der Waals surface area contributed by atoms with Crippen LogP contribution in [-0.4, -0.2) is 33.4 Å². The van der Waals surface area contributed by atoms with Crippen molar-refractivity contribution in [2.24, 2.45) is 0 Å². The second kappa shape index (κ2) is 7.66. The molecule has 0 saturated carbocycles. The van der Waals surface area contributed by atoms with Gasteiger partial charge in [0, 0.05) is 10.9 Å². The third-order valence-electron chi connectivity index (χ3n) is 3.34. The van der Waals surface area contributed by atoms with Gasteiger partial charge in [0.05, 0.1) is 5.69 Å². The lowest BCUT2D eigenvalue weighted by Gasteiger charge is -2.05. The Morgan fingerprint density at radius 1 is 1.19 bits per heavy atom. The van der Waals surface area contributed by atoms with Gasteiger partial charge in [0.25, 0.3) is 11.5 Å². The molecule has 0 fully saturated rings. The number of aromatic amines is 2. The summed E-state index contributed by atoms with van der Waals surface area (Å²) in [5.74, 6) is -1.74. The van der Waals surface area contributed by atoms with E-state index in [2.05, 4.69) is 15.3 Å². The van der Waals surface area contributed by atoms with E-state index >= 15 is 0 Å². The average molecular weight is 387 g/mol. The molecule has 10 nitrogen and oxygen atoms in total. The Morgan fingerprint density at radius 3 is 2.67 bits per heavy atom. The van der Waals surface area contributed by atoms with Gasteiger partial charge in [0.15, 0.2) is 17.4 Å². The van der Waals surface area contributed by atoms with Crippen LogP contribution in [0.5, 0.6) is 0 Å². The minimum Gasteiger partial charge on any atom is -0.451 e. The largest absolute Gasteiger partial charge is 0.451 e. The van der Waals surface area contributed by atoms with Gasteiger partial charge in [-0.15, -0.1) is 11.3 Å². The number of amides is 1. The number of carbonyl (C=O) groups is 2. The molecule has 0 aliphatic rings. The maximum Gasteiger partial charge on any atom is 0.357 e. The van der Waals surface area contributed by atoms with Crippen LogP contribution in [0.3, 0.4) is 0 Å². The van der Waals surface area contributed by atoms with Gasteiger partial charge in [0.2, 0.25) is 0 Å². The predicted octanol–water partition coefficient (Wildman–Crippen LogP) is 0.564. The number of H-pyrrole nitrogens is 2. The van der Waals surface area contributed by atoms with Crippen LogP contribution in [0.25, 0.3) is 11.3 Å². The molecule has 3 aromatic rings. The zero-order chi connectivity index (χ0) is 19.4. The number of nitrogens with one attached hydrogen (secondary N) is 3. The van der Waals surface area contributed by atoms with Crippen molar-refractivity contribution in [3.05, 3.63) is 62.2 Å². The van der Waals surface area contributed by atoms with E-state index in [-0.39, 0.29) is 0 Å². The number of esters is 1. The first-order valence-corrected chi connectivity index (χ1v) is 8.42. The first kappa shape index (κ1) is 18.1. The Balaban J connectivity index is 1.61. The van der Waals surface area contributed by atoms with E-state index in [1.165, 1.54) is 11.3 Å². The van der Waals surface area contributed by atoms with E-state index in [0.29, 0.717) is 10.8 Å². The highest BCUT2D eigenvalue weighted by atomic mass is 32.1. The number of hydrogen-bond acceptors (Lipinski definition) is 8. The normalized spacial score (nSPS) is 10.4. The number of hydrogen-bond donors (Lipinski definition) is 4. The maximum absolute atomic E-state index is 11.9. The number of nitrogens with zero attached hydrogens (tertiary/aromatic N) is 1. The molecule has 27 heavy (non-hydrogen) atoms. The van der Waals surface area contributed by atoms with Crippen LogP contribution in [-0.2, 0) is 9.53 Å². The summed E-state index contributed by atoms with van der Waals surface area (Å²) in [7, 11) is 0. The minimum atomic E-state index is -1.10. The second-order valence-corrected chi connectivity index (χ2v) is 6.08. The van der Waals surface area contributed by atoms with Crippen LogP contribution in [0, 0.1) is 0 Å². The molecule has 0 aliphatic carbocycles. The molecule has 0 bridgehead atoms. The highest BCUT2D eigenvalue weighted by Crippen LogP contribution is 2.24. The fourth-order valence-corrected chi connectivity index (χ4v) is 2.82. The molecule has 0 aliphatic heterocycles. The van der Waals surface area contributed by atoms with Crippen molar-refractivity contribution in [1.29, 1.82) is 0 Å². The van der Waals surface area contributed by atoms with Gasteiger partial charge in [0.1, 0.15) is 5.69 Å². The third kappa shape index (κ3) is 4.27. The van der Waals surface area contributed by atoms with Crippen LogP contribution < -0.4 is 22.3 Å². The number of nitrogen functional groups attached to an aromatic ring is 1. The van der Waals surface area contributed by atoms with Crippen LogP contribution in [0.1, 0.15) is 10.5 Å². The Labute approximate surface area is 155 Å².